The van der Waals surface area contributed by atoms with Crippen LogP contribution in [0.1, 0.15) is 36.7 Å². The van der Waals surface area contributed by atoms with Crippen molar-refractivity contribution >= 4 is 17.2 Å². The minimum Gasteiger partial charge on any atom is -0.493 e. The van der Waals surface area contributed by atoms with Gasteiger partial charge in [-0.05, 0) is 36.1 Å². The van der Waals surface area contributed by atoms with Crippen LogP contribution in [0.3, 0.4) is 0 Å². The number of thiophene rings is 1. The quantitative estimate of drug-likeness (QED) is 0.626. The number of benzene rings is 1. The molecule has 3 heterocycles. The lowest BCUT2D eigenvalue weighted by Crippen LogP contribution is -2.28. The maximum Gasteiger partial charge on any atom is 0.267 e. The van der Waals surface area contributed by atoms with Crippen LogP contribution in [0.25, 0.3) is 10.8 Å². The summed E-state index contributed by atoms with van der Waals surface area (Å²) in [5, 5.41) is 6.07. The van der Waals surface area contributed by atoms with E-state index in [1.54, 1.807) is 25.6 Å². The highest BCUT2D eigenvalue weighted by molar-refractivity contribution is 7.13. The second-order valence-corrected chi connectivity index (χ2v) is 7.62. The number of rotatable bonds is 6. The lowest BCUT2D eigenvalue weighted by Gasteiger charge is -2.25. The van der Waals surface area contributed by atoms with Crippen molar-refractivity contribution in [2.24, 2.45) is 0 Å². The van der Waals surface area contributed by atoms with Crippen LogP contribution in [0, 0.1) is 0 Å². The van der Waals surface area contributed by atoms with Crippen LogP contribution >= 0.6 is 11.3 Å². The first-order valence-electron chi connectivity index (χ1n) is 8.99. The largest absolute Gasteiger partial charge is 0.493 e. The third-order valence-corrected chi connectivity index (χ3v) is 5.91. The molecule has 0 radical (unpaired) electrons. The fraction of sp³-hybridized carbons (Fsp3) is 0.350. The number of ether oxygens (including phenoxy) is 2. The highest BCUT2D eigenvalue weighted by atomic mass is 32.1. The smallest absolute Gasteiger partial charge is 0.267 e. The first-order chi connectivity index (χ1) is 13.6. The summed E-state index contributed by atoms with van der Waals surface area (Å²) in [5.74, 6) is 2.40. The highest BCUT2D eigenvalue weighted by Gasteiger charge is 2.36. The first kappa shape index (κ1) is 18.5. The van der Waals surface area contributed by atoms with Gasteiger partial charge < -0.3 is 18.9 Å². The van der Waals surface area contributed by atoms with E-state index in [0.29, 0.717) is 36.2 Å². The average Bonchev–Trinajstić information content (AvgIpc) is 3.46. The van der Waals surface area contributed by atoms with Gasteiger partial charge in [0.15, 0.2) is 17.3 Å². The lowest BCUT2D eigenvalue weighted by atomic mass is 10.1. The summed E-state index contributed by atoms with van der Waals surface area (Å²) in [7, 11) is 3.20. The summed E-state index contributed by atoms with van der Waals surface area (Å²) in [6.45, 7) is 2.56. The Morgan fingerprint density at radius 2 is 2.07 bits per heavy atom. The van der Waals surface area contributed by atoms with Crippen molar-refractivity contribution in [1.29, 1.82) is 0 Å². The zero-order valence-corrected chi connectivity index (χ0v) is 16.7. The second kappa shape index (κ2) is 7.63. The third kappa shape index (κ3) is 3.35. The molecule has 2 aromatic heterocycles. The van der Waals surface area contributed by atoms with Crippen molar-refractivity contribution in [3.63, 3.8) is 0 Å². The van der Waals surface area contributed by atoms with E-state index in [1.165, 1.54) is 0 Å². The Labute approximate surface area is 166 Å². The molecule has 1 aromatic carbocycles. The fourth-order valence-electron chi connectivity index (χ4n) is 3.47. The van der Waals surface area contributed by atoms with Gasteiger partial charge in [-0.25, -0.2) is 0 Å². The zero-order valence-electron chi connectivity index (χ0n) is 15.9. The van der Waals surface area contributed by atoms with Crippen LogP contribution in [-0.4, -0.2) is 41.7 Å². The van der Waals surface area contributed by atoms with Gasteiger partial charge in [0, 0.05) is 18.9 Å². The number of amides is 1. The minimum absolute atomic E-state index is 0.0763. The third-order valence-electron chi connectivity index (χ3n) is 5.05. The molecular formula is C20H21N3O4S. The van der Waals surface area contributed by atoms with Gasteiger partial charge >= 0.3 is 0 Å². The van der Waals surface area contributed by atoms with E-state index in [0.717, 1.165) is 10.4 Å². The number of hydrogen-bond donors (Lipinski definition) is 0. The Morgan fingerprint density at radius 3 is 2.79 bits per heavy atom. The normalized spacial score (nSPS) is 17.8. The fourth-order valence-corrected chi connectivity index (χ4v) is 4.12. The molecule has 1 amide bonds. The maximum absolute atomic E-state index is 12.7. The Balaban J connectivity index is 1.52. The number of likely N-dealkylation sites (tertiary alicyclic amines) is 1. The molecule has 0 bridgehead atoms. The van der Waals surface area contributed by atoms with Crippen molar-refractivity contribution in [2.45, 2.75) is 25.3 Å². The molecule has 8 heteroatoms. The molecule has 3 aromatic rings. The van der Waals surface area contributed by atoms with Crippen molar-refractivity contribution in [3.8, 4) is 22.3 Å². The number of hydrogen-bond acceptors (Lipinski definition) is 7. The molecule has 1 fully saturated rings. The molecule has 1 saturated heterocycles. The van der Waals surface area contributed by atoms with E-state index >= 15 is 0 Å². The molecule has 1 aliphatic rings. The summed E-state index contributed by atoms with van der Waals surface area (Å²) in [5.41, 5.74) is 0.985. The van der Waals surface area contributed by atoms with Gasteiger partial charge in [0.1, 0.15) is 0 Å². The molecule has 0 saturated carbocycles. The molecular weight excluding hydrogens is 378 g/mol. The van der Waals surface area contributed by atoms with Crippen LogP contribution in [0.15, 0.2) is 40.2 Å². The van der Waals surface area contributed by atoms with E-state index in [4.69, 9.17) is 14.0 Å². The van der Waals surface area contributed by atoms with Crippen molar-refractivity contribution in [3.05, 3.63) is 47.1 Å². The van der Waals surface area contributed by atoms with Crippen LogP contribution in [0.5, 0.6) is 11.5 Å². The lowest BCUT2D eigenvalue weighted by molar-refractivity contribution is -0.129. The Kier molecular flexibility index (Phi) is 5.04. The van der Waals surface area contributed by atoms with E-state index < -0.39 is 0 Å². The predicted octanol–water partition coefficient (Wildman–Crippen LogP) is 3.89. The standard InChI is InChI=1S/C20H21N3O4S/c1-12(13-6-7-15(25-2)16(9-13)26-3)23-11-14(10-18(23)24)19-21-20(27-22-19)17-5-4-8-28-17/h4-9,12,14H,10-11H2,1-3H3. The summed E-state index contributed by atoms with van der Waals surface area (Å²) >= 11 is 1.55. The molecule has 2 atom stereocenters. The van der Waals surface area contributed by atoms with E-state index in [9.17, 15) is 4.79 Å². The Bertz CT molecular complexity index is 970. The topological polar surface area (TPSA) is 77.7 Å². The molecule has 0 N–H and O–H groups in total. The van der Waals surface area contributed by atoms with E-state index in [-0.39, 0.29) is 17.9 Å². The number of carbonyl (C=O) groups excluding carboxylic acids is 1. The van der Waals surface area contributed by atoms with Gasteiger partial charge in [-0.15, -0.1) is 11.3 Å². The molecule has 0 spiro atoms. The minimum atomic E-state index is -0.0963. The van der Waals surface area contributed by atoms with Gasteiger partial charge in [-0.3, -0.25) is 4.79 Å². The van der Waals surface area contributed by atoms with Crippen LogP contribution in [0.2, 0.25) is 0 Å². The van der Waals surface area contributed by atoms with Crippen LogP contribution < -0.4 is 9.47 Å². The molecule has 1 aliphatic heterocycles. The van der Waals surface area contributed by atoms with E-state index in [1.807, 2.05) is 47.5 Å². The number of carbonyl (C=O) groups is 1. The van der Waals surface area contributed by atoms with Gasteiger partial charge in [-0.1, -0.05) is 17.3 Å². The van der Waals surface area contributed by atoms with Crippen molar-refractivity contribution in [2.75, 3.05) is 20.8 Å². The number of nitrogens with zero attached hydrogens (tertiary/aromatic N) is 3. The van der Waals surface area contributed by atoms with Gasteiger partial charge in [0.25, 0.3) is 5.89 Å². The zero-order chi connectivity index (χ0) is 19.7. The average molecular weight is 399 g/mol. The summed E-state index contributed by atoms with van der Waals surface area (Å²) in [6, 6.07) is 9.50. The summed E-state index contributed by atoms with van der Waals surface area (Å²) in [6.07, 6.45) is 0.376. The van der Waals surface area contributed by atoms with Crippen molar-refractivity contribution in [1.82, 2.24) is 15.0 Å². The molecule has 0 aliphatic carbocycles. The van der Waals surface area contributed by atoms with Gasteiger partial charge in [-0.2, -0.15) is 4.98 Å². The Morgan fingerprint density at radius 1 is 1.25 bits per heavy atom. The number of aromatic nitrogens is 2. The van der Waals surface area contributed by atoms with E-state index in [2.05, 4.69) is 10.1 Å². The molecule has 2 unspecified atom stereocenters. The van der Waals surface area contributed by atoms with Crippen LogP contribution in [0.4, 0.5) is 0 Å². The SMILES string of the molecule is COc1ccc(C(C)N2CC(c3noc(-c4cccs4)n3)CC2=O)cc1OC. The summed E-state index contributed by atoms with van der Waals surface area (Å²) < 4.78 is 16.1. The molecule has 28 heavy (non-hydrogen) atoms. The van der Waals surface area contributed by atoms with Gasteiger partial charge in [0.05, 0.1) is 25.1 Å². The molecule has 7 nitrogen and oxygen atoms in total. The summed E-state index contributed by atoms with van der Waals surface area (Å²) in [4.78, 5) is 20.0. The molecule has 146 valence electrons. The molecule has 4 rings (SSSR count). The first-order valence-corrected chi connectivity index (χ1v) is 9.87. The van der Waals surface area contributed by atoms with Gasteiger partial charge in [0.2, 0.25) is 5.91 Å². The van der Waals surface area contributed by atoms with Crippen LogP contribution in [-0.2, 0) is 4.79 Å². The highest BCUT2D eigenvalue weighted by Crippen LogP contribution is 2.36. The number of methoxy groups -OCH3 is 2. The maximum atomic E-state index is 12.7. The predicted molar refractivity (Wildman–Crippen MR) is 105 cm³/mol. The van der Waals surface area contributed by atoms with Crippen molar-refractivity contribution < 1.29 is 18.8 Å². The monoisotopic (exact) mass is 399 g/mol. The second-order valence-electron chi connectivity index (χ2n) is 6.67. The Hall–Kier alpha value is -2.87.